The van der Waals surface area contributed by atoms with Gasteiger partial charge < -0.3 is 5.11 Å². The predicted molar refractivity (Wildman–Crippen MR) is 67.7 cm³/mol. The SMILES string of the molecule is CC(C)CCCC(O)c1cc(F)ccc1Br. The Labute approximate surface area is 105 Å². The van der Waals surface area contributed by atoms with Gasteiger partial charge in [0.2, 0.25) is 0 Å². The normalized spacial score (nSPS) is 13.1. The van der Waals surface area contributed by atoms with E-state index in [1.807, 2.05) is 0 Å². The number of hydrogen-bond acceptors (Lipinski definition) is 1. The number of benzene rings is 1. The lowest BCUT2D eigenvalue weighted by Crippen LogP contribution is -2.00. The van der Waals surface area contributed by atoms with Gasteiger partial charge >= 0.3 is 0 Å². The van der Waals surface area contributed by atoms with Crippen molar-refractivity contribution in [2.24, 2.45) is 5.92 Å². The van der Waals surface area contributed by atoms with Crippen molar-refractivity contribution < 1.29 is 9.50 Å². The zero-order chi connectivity index (χ0) is 12.1. The molecule has 0 saturated heterocycles. The Morgan fingerprint density at radius 1 is 1.31 bits per heavy atom. The fourth-order valence-electron chi connectivity index (χ4n) is 1.64. The van der Waals surface area contributed by atoms with Gasteiger partial charge in [-0.25, -0.2) is 4.39 Å². The van der Waals surface area contributed by atoms with Gasteiger partial charge in [-0.1, -0.05) is 42.6 Å². The van der Waals surface area contributed by atoms with Crippen molar-refractivity contribution >= 4 is 15.9 Å². The molecule has 0 aliphatic heterocycles. The average Bonchev–Trinajstić information content (AvgIpc) is 2.21. The maximum atomic E-state index is 13.0. The molecule has 0 bridgehead atoms. The topological polar surface area (TPSA) is 20.2 Å². The molecule has 0 heterocycles. The van der Waals surface area contributed by atoms with Gasteiger partial charge in [0.15, 0.2) is 0 Å². The molecule has 0 radical (unpaired) electrons. The number of hydrogen-bond donors (Lipinski definition) is 1. The minimum Gasteiger partial charge on any atom is -0.388 e. The first-order chi connectivity index (χ1) is 7.50. The van der Waals surface area contributed by atoms with Gasteiger partial charge in [-0.05, 0) is 36.1 Å². The van der Waals surface area contributed by atoms with Gasteiger partial charge in [0, 0.05) is 4.47 Å². The quantitative estimate of drug-likeness (QED) is 0.849. The lowest BCUT2D eigenvalue weighted by Gasteiger charge is -2.13. The second-order valence-corrected chi connectivity index (χ2v) is 5.36. The number of aliphatic hydroxyl groups is 1. The molecule has 16 heavy (non-hydrogen) atoms. The first-order valence-electron chi connectivity index (χ1n) is 5.63. The van der Waals surface area contributed by atoms with Crippen LogP contribution in [-0.2, 0) is 0 Å². The fourth-order valence-corrected chi connectivity index (χ4v) is 2.16. The Morgan fingerprint density at radius 2 is 2.00 bits per heavy atom. The molecule has 1 unspecified atom stereocenters. The second kappa shape index (κ2) is 6.36. The van der Waals surface area contributed by atoms with Crippen LogP contribution in [0.15, 0.2) is 22.7 Å². The molecule has 1 rings (SSSR count). The second-order valence-electron chi connectivity index (χ2n) is 4.51. The standard InChI is InChI=1S/C13H18BrFO/c1-9(2)4-3-5-13(16)11-8-10(15)6-7-12(11)14/h6-9,13,16H,3-5H2,1-2H3. The molecule has 0 amide bonds. The highest BCUT2D eigenvalue weighted by atomic mass is 79.9. The summed E-state index contributed by atoms with van der Waals surface area (Å²) in [5.74, 6) is 0.337. The third-order valence-electron chi connectivity index (χ3n) is 2.58. The van der Waals surface area contributed by atoms with E-state index in [1.54, 1.807) is 6.07 Å². The summed E-state index contributed by atoms with van der Waals surface area (Å²) < 4.78 is 13.8. The molecule has 1 aromatic rings. The van der Waals surface area contributed by atoms with Crippen molar-refractivity contribution in [2.45, 2.75) is 39.2 Å². The molecule has 0 fully saturated rings. The van der Waals surface area contributed by atoms with E-state index in [0.29, 0.717) is 17.9 Å². The molecule has 0 saturated carbocycles. The van der Waals surface area contributed by atoms with Crippen LogP contribution < -0.4 is 0 Å². The van der Waals surface area contributed by atoms with Crippen molar-refractivity contribution in [1.82, 2.24) is 0 Å². The van der Waals surface area contributed by atoms with Gasteiger partial charge in [0.1, 0.15) is 5.82 Å². The van der Waals surface area contributed by atoms with Crippen LogP contribution >= 0.6 is 15.9 Å². The minimum atomic E-state index is -0.580. The van der Waals surface area contributed by atoms with Crippen LogP contribution in [0, 0.1) is 11.7 Å². The lowest BCUT2D eigenvalue weighted by atomic mass is 10.00. The summed E-state index contributed by atoms with van der Waals surface area (Å²) in [5, 5.41) is 9.94. The van der Waals surface area contributed by atoms with Crippen molar-refractivity contribution in [3.8, 4) is 0 Å². The van der Waals surface area contributed by atoms with Crippen LogP contribution in [-0.4, -0.2) is 5.11 Å². The molecule has 0 spiro atoms. The van der Waals surface area contributed by atoms with Crippen LogP contribution in [0.1, 0.15) is 44.8 Å². The summed E-state index contributed by atoms with van der Waals surface area (Å²) in [7, 11) is 0. The van der Waals surface area contributed by atoms with Crippen molar-refractivity contribution in [2.75, 3.05) is 0 Å². The van der Waals surface area contributed by atoms with E-state index >= 15 is 0 Å². The van der Waals surface area contributed by atoms with E-state index in [4.69, 9.17) is 0 Å². The summed E-state index contributed by atoms with van der Waals surface area (Å²) in [5.41, 5.74) is 0.642. The van der Waals surface area contributed by atoms with Gasteiger partial charge in [0.05, 0.1) is 6.10 Å². The van der Waals surface area contributed by atoms with Crippen LogP contribution in [0.5, 0.6) is 0 Å². The Bertz CT molecular complexity index is 339. The van der Waals surface area contributed by atoms with Gasteiger partial charge in [-0.3, -0.25) is 0 Å². The van der Waals surface area contributed by atoms with Gasteiger partial charge in [-0.2, -0.15) is 0 Å². The third kappa shape index (κ3) is 4.22. The van der Waals surface area contributed by atoms with E-state index in [9.17, 15) is 9.50 Å². The van der Waals surface area contributed by atoms with E-state index in [0.717, 1.165) is 17.3 Å². The number of aliphatic hydroxyl groups excluding tert-OH is 1. The Balaban J connectivity index is 2.58. The predicted octanol–water partition coefficient (Wildman–Crippen LogP) is 4.45. The smallest absolute Gasteiger partial charge is 0.123 e. The molecule has 0 aromatic heterocycles. The van der Waals surface area contributed by atoms with Crippen LogP contribution in [0.4, 0.5) is 4.39 Å². The van der Waals surface area contributed by atoms with E-state index in [1.165, 1.54) is 12.1 Å². The van der Waals surface area contributed by atoms with E-state index < -0.39 is 6.10 Å². The third-order valence-corrected chi connectivity index (χ3v) is 3.30. The first kappa shape index (κ1) is 13.7. The highest BCUT2D eigenvalue weighted by Crippen LogP contribution is 2.28. The maximum absolute atomic E-state index is 13.0. The fraction of sp³-hybridized carbons (Fsp3) is 0.538. The van der Waals surface area contributed by atoms with Crippen molar-refractivity contribution in [3.63, 3.8) is 0 Å². The van der Waals surface area contributed by atoms with E-state index in [-0.39, 0.29) is 5.82 Å². The summed E-state index contributed by atoms with van der Waals surface area (Å²) in [6.45, 7) is 4.31. The summed E-state index contributed by atoms with van der Waals surface area (Å²) >= 11 is 3.33. The first-order valence-corrected chi connectivity index (χ1v) is 6.43. The Morgan fingerprint density at radius 3 is 2.62 bits per heavy atom. The Kier molecular flexibility index (Phi) is 5.42. The zero-order valence-electron chi connectivity index (χ0n) is 9.71. The molecule has 1 N–H and O–H groups in total. The summed E-state index contributed by atoms with van der Waals surface area (Å²) in [6, 6.07) is 4.41. The molecule has 1 nitrogen and oxygen atoms in total. The molecule has 3 heteroatoms. The molecular formula is C13H18BrFO. The van der Waals surface area contributed by atoms with Crippen molar-refractivity contribution in [1.29, 1.82) is 0 Å². The highest BCUT2D eigenvalue weighted by Gasteiger charge is 2.12. The largest absolute Gasteiger partial charge is 0.388 e. The molecular weight excluding hydrogens is 271 g/mol. The maximum Gasteiger partial charge on any atom is 0.123 e. The molecule has 0 aliphatic rings. The van der Waals surface area contributed by atoms with Gasteiger partial charge in [0.25, 0.3) is 0 Å². The number of rotatable bonds is 5. The van der Waals surface area contributed by atoms with Crippen LogP contribution in [0.25, 0.3) is 0 Å². The number of halogens is 2. The summed E-state index contributed by atoms with van der Waals surface area (Å²) in [4.78, 5) is 0. The molecule has 0 aliphatic carbocycles. The average molecular weight is 289 g/mol. The van der Waals surface area contributed by atoms with Gasteiger partial charge in [-0.15, -0.1) is 0 Å². The molecule has 1 aromatic carbocycles. The van der Waals surface area contributed by atoms with E-state index in [2.05, 4.69) is 29.8 Å². The molecule has 90 valence electrons. The monoisotopic (exact) mass is 288 g/mol. The highest BCUT2D eigenvalue weighted by molar-refractivity contribution is 9.10. The summed E-state index contributed by atoms with van der Waals surface area (Å²) in [6.07, 6.45) is 2.15. The zero-order valence-corrected chi connectivity index (χ0v) is 11.3. The molecule has 1 atom stereocenters. The minimum absolute atomic E-state index is 0.305. The van der Waals surface area contributed by atoms with Crippen molar-refractivity contribution in [3.05, 3.63) is 34.1 Å². The Hall–Kier alpha value is -0.410. The lowest BCUT2D eigenvalue weighted by molar-refractivity contribution is 0.161. The van der Waals surface area contributed by atoms with Crippen LogP contribution in [0.3, 0.4) is 0 Å². The van der Waals surface area contributed by atoms with Crippen LogP contribution in [0.2, 0.25) is 0 Å².